The lowest BCUT2D eigenvalue weighted by Gasteiger charge is -2.24. The Balaban J connectivity index is 2.49. The number of non-ortho nitro benzene ring substituents is 1. The molecule has 0 aliphatic rings. The minimum atomic E-state index is -1.47. The van der Waals surface area contributed by atoms with Gasteiger partial charge in [-0.2, -0.15) is 0 Å². The first-order valence-corrected chi connectivity index (χ1v) is 7.60. The Kier molecular flexibility index (Phi) is 7.16. The van der Waals surface area contributed by atoms with Crippen LogP contribution in [-0.2, 0) is 14.3 Å². The van der Waals surface area contributed by atoms with Gasteiger partial charge in [0.1, 0.15) is 5.75 Å². The summed E-state index contributed by atoms with van der Waals surface area (Å²) in [5.74, 6) is -1.85. The highest BCUT2D eigenvalue weighted by Crippen LogP contribution is 2.20. The van der Waals surface area contributed by atoms with E-state index < -0.39 is 22.8 Å². The Morgan fingerprint density at radius 1 is 1.12 bits per heavy atom. The van der Waals surface area contributed by atoms with Crippen molar-refractivity contribution in [1.82, 2.24) is 0 Å². The van der Waals surface area contributed by atoms with Gasteiger partial charge in [-0.1, -0.05) is 19.8 Å². The number of ether oxygens (including phenoxy) is 3. The molecule has 8 nitrogen and oxygen atoms in total. The lowest BCUT2D eigenvalue weighted by Crippen LogP contribution is -2.35. The van der Waals surface area contributed by atoms with Crippen molar-refractivity contribution in [2.24, 2.45) is 0 Å². The molecule has 0 N–H and O–H groups in total. The van der Waals surface area contributed by atoms with Gasteiger partial charge < -0.3 is 14.2 Å². The molecule has 0 bridgehead atoms. The largest absolute Gasteiger partial charge is 0.517 e. The fourth-order valence-electron chi connectivity index (χ4n) is 1.82. The molecule has 0 heterocycles. The van der Waals surface area contributed by atoms with Crippen LogP contribution in [0.5, 0.6) is 5.75 Å². The van der Waals surface area contributed by atoms with Crippen LogP contribution in [0.3, 0.4) is 0 Å². The van der Waals surface area contributed by atoms with Crippen molar-refractivity contribution >= 4 is 17.8 Å². The van der Waals surface area contributed by atoms with Crippen LogP contribution in [0.4, 0.5) is 10.5 Å². The molecule has 0 fully saturated rings. The second-order valence-electron chi connectivity index (χ2n) is 5.54. The van der Waals surface area contributed by atoms with Crippen molar-refractivity contribution in [2.75, 3.05) is 0 Å². The maximum absolute atomic E-state index is 11.7. The second-order valence-corrected chi connectivity index (χ2v) is 5.54. The molecule has 0 atom stereocenters. The zero-order valence-electron chi connectivity index (χ0n) is 13.9. The van der Waals surface area contributed by atoms with E-state index in [4.69, 9.17) is 14.2 Å². The Bertz CT molecular complexity index is 581. The summed E-state index contributed by atoms with van der Waals surface area (Å²) in [5, 5.41) is 10.5. The summed E-state index contributed by atoms with van der Waals surface area (Å²) in [6.45, 7) is 4.86. The fraction of sp³-hybridized carbons (Fsp3) is 0.500. The van der Waals surface area contributed by atoms with Gasteiger partial charge in [0, 0.05) is 32.4 Å². The molecule has 1 aromatic carbocycles. The molecular weight excluding hydrogens is 318 g/mol. The number of nitro groups is 1. The summed E-state index contributed by atoms with van der Waals surface area (Å²) in [7, 11) is 0. The molecule has 0 aliphatic heterocycles. The molecule has 0 aliphatic carbocycles. The van der Waals surface area contributed by atoms with E-state index in [1.54, 1.807) is 0 Å². The summed E-state index contributed by atoms with van der Waals surface area (Å²) in [6.07, 6.45) is 1.78. The molecule has 132 valence electrons. The average Bonchev–Trinajstić information content (AvgIpc) is 2.46. The standard InChI is InChI=1S/C16H21NO7/c1-4-5-6-7-14(18)23-16(2,3)24-15(19)22-13-10-8-12(9-11-13)17(20)21/h8-11H,4-7H2,1-3H3. The van der Waals surface area contributed by atoms with Crippen molar-refractivity contribution in [3.63, 3.8) is 0 Å². The van der Waals surface area contributed by atoms with Crippen molar-refractivity contribution in [3.05, 3.63) is 34.4 Å². The van der Waals surface area contributed by atoms with Gasteiger partial charge in [-0.25, -0.2) is 4.79 Å². The molecule has 24 heavy (non-hydrogen) atoms. The van der Waals surface area contributed by atoms with Crippen molar-refractivity contribution in [1.29, 1.82) is 0 Å². The summed E-state index contributed by atoms with van der Waals surface area (Å²) >= 11 is 0. The van der Waals surface area contributed by atoms with Crippen LogP contribution in [0, 0.1) is 10.1 Å². The number of nitro benzene ring substituents is 1. The summed E-state index contributed by atoms with van der Waals surface area (Å²) < 4.78 is 14.9. The van der Waals surface area contributed by atoms with E-state index in [1.165, 1.54) is 38.1 Å². The quantitative estimate of drug-likeness (QED) is 0.176. The third-order valence-electron chi connectivity index (χ3n) is 2.92. The van der Waals surface area contributed by atoms with E-state index in [9.17, 15) is 19.7 Å². The average molecular weight is 339 g/mol. The Hall–Kier alpha value is -2.64. The first-order valence-electron chi connectivity index (χ1n) is 7.60. The molecule has 0 saturated heterocycles. The molecule has 0 unspecified atom stereocenters. The molecular formula is C16H21NO7. The molecule has 0 radical (unpaired) electrons. The molecule has 0 amide bonds. The predicted octanol–water partition coefficient (Wildman–Crippen LogP) is 3.97. The number of carbonyl (C=O) groups excluding carboxylic acids is 2. The maximum atomic E-state index is 11.7. The van der Waals surface area contributed by atoms with E-state index in [0.29, 0.717) is 6.42 Å². The van der Waals surface area contributed by atoms with Crippen molar-refractivity contribution in [2.45, 2.75) is 52.2 Å². The first-order chi connectivity index (χ1) is 11.2. The summed E-state index contributed by atoms with van der Waals surface area (Å²) in [6, 6.07) is 4.93. The van der Waals surface area contributed by atoms with Gasteiger partial charge in [0.05, 0.1) is 4.92 Å². The van der Waals surface area contributed by atoms with E-state index in [1.807, 2.05) is 6.92 Å². The van der Waals surface area contributed by atoms with Crippen LogP contribution in [0.25, 0.3) is 0 Å². The van der Waals surface area contributed by atoms with Crippen LogP contribution >= 0.6 is 0 Å². The van der Waals surface area contributed by atoms with E-state index in [2.05, 4.69) is 0 Å². The van der Waals surface area contributed by atoms with Crippen LogP contribution in [0.1, 0.15) is 46.5 Å². The highest BCUT2D eigenvalue weighted by molar-refractivity contribution is 5.70. The first kappa shape index (κ1) is 19.4. The lowest BCUT2D eigenvalue weighted by atomic mass is 10.2. The monoisotopic (exact) mass is 339 g/mol. The van der Waals surface area contributed by atoms with E-state index >= 15 is 0 Å². The topological polar surface area (TPSA) is 105 Å². The highest BCUT2D eigenvalue weighted by atomic mass is 16.8. The number of rotatable bonds is 8. The molecule has 1 rings (SSSR count). The Morgan fingerprint density at radius 3 is 2.29 bits per heavy atom. The van der Waals surface area contributed by atoms with Crippen molar-refractivity contribution in [3.8, 4) is 5.75 Å². The van der Waals surface area contributed by atoms with Crippen LogP contribution < -0.4 is 4.74 Å². The van der Waals surface area contributed by atoms with E-state index in [0.717, 1.165) is 12.8 Å². The SMILES string of the molecule is CCCCCC(=O)OC(C)(C)OC(=O)Oc1ccc([N+](=O)[O-])cc1. The van der Waals surface area contributed by atoms with Gasteiger partial charge in [0.2, 0.25) is 0 Å². The normalized spacial score (nSPS) is 10.8. The van der Waals surface area contributed by atoms with Gasteiger partial charge in [0.25, 0.3) is 11.5 Å². The molecule has 0 spiro atoms. The number of nitrogens with zero attached hydrogens (tertiary/aromatic N) is 1. The number of unbranched alkanes of at least 4 members (excludes halogenated alkanes) is 2. The minimum absolute atomic E-state index is 0.0793. The van der Waals surface area contributed by atoms with Gasteiger partial charge in [-0.05, 0) is 18.6 Å². The molecule has 0 aromatic heterocycles. The molecule has 8 heteroatoms. The lowest BCUT2D eigenvalue weighted by molar-refractivity contribution is -0.384. The van der Waals surface area contributed by atoms with Crippen molar-refractivity contribution < 1.29 is 28.7 Å². The van der Waals surface area contributed by atoms with Gasteiger partial charge in [-0.3, -0.25) is 14.9 Å². The van der Waals surface area contributed by atoms with Crippen LogP contribution in [-0.4, -0.2) is 22.8 Å². The number of benzene rings is 1. The number of hydrogen-bond acceptors (Lipinski definition) is 7. The van der Waals surface area contributed by atoms with Gasteiger partial charge in [0.15, 0.2) is 0 Å². The summed E-state index contributed by atoms with van der Waals surface area (Å²) in [4.78, 5) is 33.4. The third-order valence-corrected chi connectivity index (χ3v) is 2.92. The number of hydrogen-bond donors (Lipinski definition) is 0. The van der Waals surface area contributed by atoms with Crippen LogP contribution in [0.15, 0.2) is 24.3 Å². The highest BCUT2D eigenvalue weighted by Gasteiger charge is 2.28. The second kappa shape index (κ2) is 8.85. The van der Waals surface area contributed by atoms with Gasteiger partial charge in [-0.15, -0.1) is 0 Å². The minimum Gasteiger partial charge on any atom is -0.423 e. The zero-order valence-corrected chi connectivity index (χ0v) is 13.9. The Morgan fingerprint density at radius 2 is 1.75 bits per heavy atom. The molecule has 0 saturated carbocycles. The van der Waals surface area contributed by atoms with Gasteiger partial charge >= 0.3 is 12.1 Å². The third kappa shape index (κ3) is 7.08. The summed E-state index contributed by atoms with van der Waals surface area (Å²) in [5.41, 5.74) is -0.128. The maximum Gasteiger partial charge on any atom is 0.517 e. The smallest absolute Gasteiger partial charge is 0.423 e. The molecule has 1 aromatic rings. The number of carbonyl (C=O) groups is 2. The Labute approximate surface area is 139 Å². The fourth-order valence-corrected chi connectivity index (χ4v) is 1.82. The van der Waals surface area contributed by atoms with E-state index in [-0.39, 0.29) is 17.9 Å². The zero-order chi connectivity index (χ0) is 18.2. The predicted molar refractivity (Wildman–Crippen MR) is 84.5 cm³/mol. The number of esters is 1. The van der Waals surface area contributed by atoms with Crippen LogP contribution in [0.2, 0.25) is 0 Å².